The molecule has 8 nitrogen and oxygen atoms in total. The zero-order chi connectivity index (χ0) is 27.4. The predicted octanol–water partition coefficient (Wildman–Crippen LogP) is 2.71. The van der Waals surface area contributed by atoms with Crippen molar-refractivity contribution in [2.75, 3.05) is 6.54 Å². The van der Waals surface area contributed by atoms with Crippen LogP contribution in [0, 0.1) is 16.7 Å². The lowest BCUT2D eigenvalue weighted by Crippen LogP contribution is -2.86. The predicted molar refractivity (Wildman–Crippen MR) is 145 cm³/mol. The number of carbonyl (C=O) groups is 2. The van der Waals surface area contributed by atoms with E-state index in [1.165, 1.54) is 13.0 Å². The number of ether oxygens (including phenoxy) is 2. The van der Waals surface area contributed by atoms with E-state index < -0.39 is 63.6 Å². The molecule has 1 heterocycles. The summed E-state index contributed by atoms with van der Waals surface area (Å²) in [6.45, 7) is 12.9. The Morgan fingerprint density at radius 3 is 2.42 bits per heavy atom. The van der Waals surface area contributed by atoms with Crippen LogP contribution in [0.4, 0.5) is 0 Å². The Balaban J connectivity index is 0.00000400. The molecule has 1 aliphatic heterocycles. The quantitative estimate of drug-likeness (QED) is 0.314. The second-order valence-corrected chi connectivity index (χ2v) is 12.3. The average molecular weight is 552 g/mol. The second kappa shape index (κ2) is 10.3. The number of carbonyl (C=O) groups excluding carboxylic acids is 2. The van der Waals surface area contributed by atoms with E-state index in [2.05, 4.69) is 11.9 Å². The molecule has 3 fully saturated rings. The summed E-state index contributed by atoms with van der Waals surface area (Å²) in [6.07, 6.45) is -1.52. The van der Waals surface area contributed by atoms with E-state index in [4.69, 9.17) is 9.47 Å². The second-order valence-electron chi connectivity index (χ2n) is 12.3. The van der Waals surface area contributed by atoms with Gasteiger partial charge >= 0.3 is 5.97 Å². The Morgan fingerprint density at radius 2 is 1.82 bits per heavy atom. The minimum Gasteiger partial charge on any atom is -0.458 e. The molecule has 2 saturated carbocycles. The van der Waals surface area contributed by atoms with Crippen LogP contribution >= 0.6 is 12.4 Å². The molecule has 0 aromatic heterocycles. The van der Waals surface area contributed by atoms with Gasteiger partial charge in [0, 0.05) is 24.3 Å². The minimum atomic E-state index is -2.22. The van der Waals surface area contributed by atoms with Crippen LogP contribution in [0.3, 0.4) is 0 Å². The molecular weight excluding hydrogens is 510 g/mol. The highest BCUT2D eigenvalue weighted by Gasteiger charge is 2.81. The van der Waals surface area contributed by atoms with E-state index in [1.807, 2.05) is 44.2 Å². The molecule has 0 bridgehead atoms. The van der Waals surface area contributed by atoms with Crippen LogP contribution in [0.25, 0.3) is 0 Å². The largest absolute Gasteiger partial charge is 0.458 e. The Hall–Kier alpha value is -1.81. The average Bonchev–Trinajstić information content (AvgIpc) is 2.83. The molecular formula is C29H42ClNO7. The normalized spacial score (nSPS) is 41.7. The maximum Gasteiger partial charge on any atom is 0.320 e. The third-order valence-corrected chi connectivity index (χ3v) is 9.45. The number of hydrogen-bond donors (Lipinski definition) is 4. The third-order valence-electron chi connectivity index (χ3n) is 9.45. The number of ketones is 1. The van der Waals surface area contributed by atoms with Crippen LogP contribution in [0.15, 0.2) is 43.0 Å². The third kappa shape index (κ3) is 4.43. The maximum absolute atomic E-state index is 13.8. The van der Waals surface area contributed by atoms with Gasteiger partial charge in [-0.25, -0.2) is 0 Å². The number of rotatable bonds is 6. The summed E-state index contributed by atoms with van der Waals surface area (Å²) >= 11 is 0. The summed E-state index contributed by atoms with van der Waals surface area (Å²) in [7, 11) is 0. The zero-order valence-electron chi connectivity index (χ0n) is 22.9. The Morgan fingerprint density at radius 1 is 1.18 bits per heavy atom. The molecule has 2 aliphatic carbocycles. The molecule has 3 aliphatic rings. The highest BCUT2D eigenvalue weighted by molar-refractivity contribution is 5.92. The van der Waals surface area contributed by atoms with Crippen molar-refractivity contribution in [2.45, 2.75) is 95.5 Å². The lowest BCUT2D eigenvalue weighted by Gasteiger charge is -2.71. The van der Waals surface area contributed by atoms with Crippen LogP contribution < -0.4 is 5.32 Å². The van der Waals surface area contributed by atoms with Gasteiger partial charge in [0.2, 0.25) is 0 Å². The van der Waals surface area contributed by atoms with Gasteiger partial charge in [0.25, 0.3) is 0 Å². The number of fused-ring (bicyclic) bond motifs is 3. The van der Waals surface area contributed by atoms with Crippen molar-refractivity contribution in [3.63, 3.8) is 0 Å². The first-order valence-corrected chi connectivity index (χ1v) is 13.1. The van der Waals surface area contributed by atoms with Crippen molar-refractivity contribution in [1.29, 1.82) is 0 Å². The first-order chi connectivity index (χ1) is 17.2. The molecule has 38 heavy (non-hydrogen) atoms. The van der Waals surface area contributed by atoms with Gasteiger partial charge in [-0.2, -0.15) is 0 Å². The molecule has 0 radical (unpaired) electrons. The summed E-state index contributed by atoms with van der Waals surface area (Å²) < 4.78 is 12.3. The van der Waals surface area contributed by atoms with Gasteiger partial charge in [0.1, 0.15) is 17.8 Å². The van der Waals surface area contributed by atoms with Crippen LogP contribution in [-0.2, 0) is 25.6 Å². The topological polar surface area (TPSA) is 125 Å². The zero-order valence-corrected chi connectivity index (χ0v) is 23.7. The molecule has 1 aromatic carbocycles. The van der Waals surface area contributed by atoms with Crippen molar-refractivity contribution in [1.82, 2.24) is 5.32 Å². The van der Waals surface area contributed by atoms with Gasteiger partial charge in [0.05, 0.1) is 18.2 Å². The standard InChI is InChI=1S/C29H41NO7.ClH/c1-7-26(4)15-20(32)29(35)27(5)19(31)13-14-25(2,3)23(27)22(24(34)28(29,6)37-26)36-21(33)17-30-16-18-11-9-8-10-12-18;/h7-12,19,22-24,30-31,34-35H,1,13-17H2,2-6H3;1H/t19-,22?,23?,24?,26-,27?,28+,29-;/m0./s1. The lowest BCUT2D eigenvalue weighted by atomic mass is 9.40. The van der Waals surface area contributed by atoms with Gasteiger partial charge in [-0.15, -0.1) is 19.0 Å². The molecule has 8 atom stereocenters. The monoisotopic (exact) mass is 551 g/mol. The Bertz CT molecular complexity index is 1070. The number of benzene rings is 1. The fourth-order valence-electron chi connectivity index (χ4n) is 7.50. The van der Waals surface area contributed by atoms with Crippen LogP contribution in [-0.4, -0.2) is 68.7 Å². The van der Waals surface area contributed by atoms with Crippen LogP contribution in [0.2, 0.25) is 0 Å². The van der Waals surface area contributed by atoms with Gasteiger partial charge in [-0.1, -0.05) is 57.2 Å². The molecule has 1 saturated heterocycles. The fourth-order valence-corrected chi connectivity index (χ4v) is 7.50. The molecule has 1 aromatic rings. The smallest absolute Gasteiger partial charge is 0.320 e. The van der Waals surface area contributed by atoms with E-state index in [1.54, 1.807) is 13.8 Å². The number of Topliss-reactive ketones (excluding diaryl/α,β-unsaturated/α-hetero) is 1. The minimum absolute atomic E-state index is 0. The Kier molecular flexibility index (Phi) is 8.33. The highest BCUT2D eigenvalue weighted by atomic mass is 35.5. The summed E-state index contributed by atoms with van der Waals surface area (Å²) in [5.74, 6) is -1.84. The van der Waals surface area contributed by atoms with Gasteiger partial charge < -0.3 is 30.1 Å². The molecule has 9 heteroatoms. The first-order valence-electron chi connectivity index (χ1n) is 13.1. The molecule has 212 valence electrons. The first kappa shape index (κ1) is 30.7. The van der Waals surface area contributed by atoms with Crippen molar-refractivity contribution < 1.29 is 34.4 Å². The lowest BCUT2D eigenvalue weighted by molar-refractivity contribution is -0.370. The number of hydrogen-bond acceptors (Lipinski definition) is 8. The van der Waals surface area contributed by atoms with Gasteiger partial charge in [-0.3, -0.25) is 9.59 Å². The van der Waals surface area contributed by atoms with E-state index in [-0.39, 0.29) is 25.4 Å². The van der Waals surface area contributed by atoms with E-state index >= 15 is 0 Å². The summed E-state index contributed by atoms with van der Waals surface area (Å²) in [5, 5.41) is 38.6. The SMILES string of the molecule is C=C[C@@]1(C)CC(=O)[C@]2(O)C3(C)C(C(OC(=O)CNCc4ccccc4)C(O)[C@@]2(C)O1)C(C)(C)CC[C@@H]3O.Cl. The summed E-state index contributed by atoms with van der Waals surface area (Å²) in [5.41, 5.74) is -6.26. The maximum atomic E-state index is 13.8. The van der Waals surface area contributed by atoms with Crippen molar-refractivity contribution >= 4 is 24.2 Å². The number of aliphatic hydroxyl groups is 3. The van der Waals surface area contributed by atoms with E-state index in [0.29, 0.717) is 19.4 Å². The highest BCUT2D eigenvalue weighted by Crippen LogP contribution is 2.67. The van der Waals surface area contributed by atoms with Crippen molar-refractivity contribution in [3.05, 3.63) is 48.6 Å². The van der Waals surface area contributed by atoms with Crippen LogP contribution in [0.1, 0.15) is 59.4 Å². The fraction of sp³-hybridized carbons (Fsp3) is 0.655. The number of nitrogens with one attached hydrogen (secondary N) is 1. The van der Waals surface area contributed by atoms with Crippen LogP contribution in [0.5, 0.6) is 0 Å². The number of esters is 1. The number of halogens is 1. The molecule has 4 rings (SSSR count). The molecule has 0 amide bonds. The van der Waals surface area contributed by atoms with Crippen molar-refractivity contribution in [2.24, 2.45) is 16.7 Å². The van der Waals surface area contributed by atoms with Crippen molar-refractivity contribution in [3.8, 4) is 0 Å². The number of aliphatic hydroxyl groups excluding tert-OH is 2. The molecule has 4 N–H and O–H groups in total. The van der Waals surface area contributed by atoms with E-state index in [0.717, 1.165) is 5.56 Å². The molecule has 4 unspecified atom stereocenters. The van der Waals surface area contributed by atoms with E-state index in [9.17, 15) is 24.9 Å². The van der Waals surface area contributed by atoms with Gasteiger partial charge in [-0.05, 0) is 37.7 Å². The Labute approximate surface area is 231 Å². The summed E-state index contributed by atoms with van der Waals surface area (Å²) in [4.78, 5) is 26.8. The molecule has 0 spiro atoms. The van der Waals surface area contributed by atoms with Gasteiger partial charge in [0.15, 0.2) is 11.4 Å². The summed E-state index contributed by atoms with van der Waals surface area (Å²) in [6, 6.07) is 9.62.